The van der Waals surface area contributed by atoms with Gasteiger partial charge in [0.25, 0.3) is 5.69 Å². The van der Waals surface area contributed by atoms with E-state index in [4.69, 9.17) is 0 Å². The minimum Gasteiger partial charge on any atom is -0.294 e. The van der Waals surface area contributed by atoms with Crippen molar-refractivity contribution in [3.63, 3.8) is 0 Å². The van der Waals surface area contributed by atoms with Crippen LogP contribution in [-0.2, 0) is 17.6 Å². The maximum Gasteiger partial charge on any atom is 0.269 e. The largest absolute Gasteiger partial charge is 0.294 e. The van der Waals surface area contributed by atoms with Crippen molar-refractivity contribution in [2.75, 3.05) is 0 Å². The minimum atomic E-state index is -0.318. The second-order valence-corrected chi connectivity index (χ2v) is 10.2. The summed E-state index contributed by atoms with van der Waals surface area (Å²) in [6, 6.07) is 11.6. The molecule has 0 bridgehead atoms. The maximum atomic E-state index is 14.0. The first-order valence-electron chi connectivity index (χ1n) is 12.3. The molecule has 4 nitrogen and oxygen atoms in total. The van der Waals surface area contributed by atoms with Gasteiger partial charge in [-0.3, -0.25) is 14.9 Å². The van der Waals surface area contributed by atoms with E-state index in [0.29, 0.717) is 5.78 Å². The zero-order valence-electron chi connectivity index (χ0n) is 20.6. The average molecular weight is 446 g/mol. The topological polar surface area (TPSA) is 60.2 Å². The van der Waals surface area contributed by atoms with Gasteiger partial charge in [0.15, 0.2) is 5.78 Å². The molecule has 4 rings (SSSR count). The Labute approximate surface area is 197 Å². The number of nitro benzene ring substituents is 1. The van der Waals surface area contributed by atoms with Gasteiger partial charge in [-0.25, -0.2) is 0 Å². The van der Waals surface area contributed by atoms with Crippen molar-refractivity contribution < 1.29 is 9.72 Å². The van der Waals surface area contributed by atoms with E-state index in [2.05, 4.69) is 53.7 Å². The van der Waals surface area contributed by atoms with Gasteiger partial charge in [-0.1, -0.05) is 63.1 Å². The van der Waals surface area contributed by atoms with Gasteiger partial charge in [0.05, 0.1) is 4.92 Å². The molecule has 0 amide bonds. The summed E-state index contributed by atoms with van der Waals surface area (Å²) in [6.45, 7) is 13.1. The van der Waals surface area contributed by atoms with Crippen LogP contribution in [0.4, 0.5) is 5.69 Å². The molecule has 2 aliphatic rings. The monoisotopic (exact) mass is 445 g/mol. The van der Waals surface area contributed by atoms with Crippen LogP contribution >= 0.6 is 0 Å². The lowest BCUT2D eigenvalue weighted by Crippen LogP contribution is -2.38. The number of hydrogen-bond acceptors (Lipinski definition) is 3. The highest BCUT2D eigenvalue weighted by Crippen LogP contribution is 2.56. The smallest absolute Gasteiger partial charge is 0.269 e. The Hall–Kier alpha value is -2.75. The molecule has 2 aromatic rings. The van der Waals surface area contributed by atoms with Gasteiger partial charge in [0.1, 0.15) is 0 Å². The predicted octanol–water partition coefficient (Wildman–Crippen LogP) is 7.08. The van der Waals surface area contributed by atoms with Crippen molar-refractivity contribution in [1.82, 2.24) is 0 Å². The lowest BCUT2D eigenvalue weighted by atomic mass is 9.61. The average Bonchev–Trinajstić information content (AvgIpc) is 3.06. The van der Waals surface area contributed by atoms with Crippen LogP contribution in [0.15, 0.2) is 42.0 Å². The van der Waals surface area contributed by atoms with E-state index in [1.807, 2.05) is 6.07 Å². The molecular formula is C29H35NO3. The third kappa shape index (κ3) is 3.84. The number of rotatable bonds is 5. The fourth-order valence-electron chi connectivity index (χ4n) is 6.76. The first kappa shape index (κ1) is 23.4. The van der Waals surface area contributed by atoms with E-state index >= 15 is 0 Å². The van der Waals surface area contributed by atoms with Gasteiger partial charge in [-0.05, 0) is 79.0 Å². The second kappa shape index (κ2) is 8.89. The Bertz CT molecular complexity index is 1120. The van der Waals surface area contributed by atoms with Crippen LogP contribution in [-0.4, -0.2) is 10.7 Å². The molecule has 0 N–H and O–H groups in total. The van der Waals surface area contributed by atoms with Crippen LogP contribution in [0.25, 0.3) is 5.57 Å². The van der Waals surface area contributed by atoms with Crippen LogP contribution < -0.4 is 0 Å². The SMILES string of the molecule is CCc1cc(C)cc(CC)c1C1=C(C)[C@@H]2C(C)C(c3cccc([N+](=O)[O-])c3)CC(C)[C@@H]2C1=O. The predicted molar refractivity (Wildman–Crippen MR) is 133 cm³/mol. The lowest BCUT2D eigenvalue weighted by molar-refractivity contribution is -0.384. The van der Waals surface area contributed by atoms with Crippen LogP contribution in [0.1, 0.15) is 74.8 Å². The van der Waals surface area contributed by atoms with Gasteiger partial charge in [-0.15, -0.1) is 0 Å². The van der Waals surface area contributed by atoms with Crippen molar-refractivity contribution in [2.45, 2.75) is 66.7 Å². The number of fused-ring (bicyclic) bond motifs is 1. The Morgan fingerprint density at radius 3 is 2.21 bits per heavy atom. The summed E-state index contributed by atoms with van der Waals surface area (Å²) in [6.07, 6.45) is 2.70. The Morgan fingerprint density at radius 1 is 1.00 bits per heavy atom. The molecule has 0 heterocycles. The highest BCUT2D eigenvalue weighted by molar-refractivity contribution is 6.26. The number of nitro groups is 1. The first-order chi connectivity index (χ1) is 15.7. The number of nitrogens with zero attached hydrogens (tertiary/aromatic N) is 1. The Morgan fingerprint density at radius 2 is 1.64 bits per heavy atom. The summed E-state index contributed by atoms with van der Waals surface area (Å²) in [4.78, 5) is 25.0. The number of Topliss-reactive ketones (excluding diaryl/α,β-unsaturated/α-hetero) is 1. The number of allylic oxidation sites excluding steroid dienone is 2. The quantitative estimate of drug-likeness (QED) is 0.365. The number of non-ortho nitro benzene ring substituents is 1. The Balaban J connectivity index is 1.82. The molecule has 1 fully saturated rings. The van der Waals surface area contributed by atoms with E-state index in [-0.39, 0.29) is 40.2 Å². The van der Waals surface area contributed by atoms with Crippen molar-refractivity contribution in [2.24, 2.45) is 23.7 Å². The maximum absolute atomic E-state index is 14.0. The molecule has 0 spiro atoms. The normalized spacial score (nSPS) is 27.1. The molecule has 4 heteroatoms. The number of aryl methyl sites for hydroxylation is 3. The number of benzene rings is 2. The summed E-state index contributed by atoms with van der Waals surface area (Å²) in [7, 11) is 0. The molecule has 0 aromatic heterocycles. The summed E-state index contributed by atoms with van der Waals surface area (Å²) in [5.74, 6) is 1.17. The molecule has 0 radical (unpaired) electrons. The van der Waals surface area contributed by atoms with E-state index in [1.165, 1.54) is 27.8 Å². The summed E-state index contributed by atoms with van der Waals surface area (Å²) < 4.78 is 0. The molecule has 2 aliphatic carbocycles. The molecular weight excluding hydrogens is 410 g/mol. The highest BCUT2D eigenvalue weighted by Gasteiger charge is 2.51. The van der Waals surface area contributed by atoms with Gasteiger partial charge < -0.3 is 0 Å². The molecule has 5 atom stereocenters. The van der Waals surface area contributed by atoms with E-state index in [1.54, 1.807) is 18.2 Å². The molecule has 2 aromatic carbocycles. The molecule has 0 saturated heterocycles. The van der Waals surface area contributed by atoms with Crippen LogP contribution in [0.2, 0.25) is 0 Å². The number of carbonyl (C=O) groups excluding carboxylic acids is 1. The van der Waals surface area contributed by atoms with Gasteiger partial charge >= 0.3 is 0 Å². The third-order valence-corrected chi connectivity index (χ3v) is 8.24. The van der Waals surface area contributed by atoms with Crippen LogP contribution in [0, 0.1) is 40.7 Å². The first-order valence-corrected chi connectivity index (χ1v) is 12.3. The van der Waals surface area contributed by atoms with E-state index < -0.39 is 0 Å². The van der Waals surface area contributed by atoms with Crippen molar-refractivity contribution in [3.05, 3.63) is 79.9 Å². The molecule has 3 unspecified atom stereocenters. The molecule has 1 saturated carbocycles. The molecule has 174 valence electrons. The van der Waals surface area contributed by atoms with E-state index in [9.17, 15) is 14.9 Å². The van der Waals surface area contributed by atoms with Gasteiger partial charge in [0.2, 0.25) is 0 Å². The molecule has 33 heavy (non-hydrogen) atoms. The fraction of sp³-hybridized carbons (Fsp3) is 0.483. The summed E-state index contributed by atoms with van der Waals surface area (Å²) in [5.41, 5.74) is 8.30. The zero-order chi connectivity index (χ0) is 24.0. The lowest BCUT2D eigenvalue weighted by Gasteiger charge is -2.42. The molecule has 0 aliphatic heterocycles. The Kier molecular flexibility index (Phi) is 6.30. The van der Waals surface area contributed by atoms with Crippen LogP contribution in [0.5, 0.6) is 0 Å². The summed E-state index contributed by atoms with van der Waals surface area (Å²) in [5, 5.41) is 11.4. The fourth-order valence-corrected chi connectivity index (χ4v) is 6.76. The minimum absolute atomic E-state index is 0.000614. The number of carbonyl (C=O) groups is 1. The van der Waals surface area contributed by atoms with Crippen molar-refractivity contribution in [1.29, 1.82) is 0 Å². The number of ketones is 1. The van der Waals surface area contributed by atoms with E-state index in [0.717, 1.165) is 30.4 Å². The van der Waals surface area contributed by atoms with Crippen molar-refractivity contribution in [3.8, 4) is 0 Å². The van der Waals surface area contributed by atoms with Crippen molar-refractivity contribution >= 4 is 17.0 Å². The van der Waals surface area contributed by atoms with Gasteiger partial charge in [-0.2, -0.15) is 0 Å². The highest BCUT2D eigenvalue weighted by atomic mass is 16.6. The standard InChI is InChI=1S/C29H35NO3/c1-7-20-12-16(3)13-21(8-2)28(20)27-19(6)26-18(5)24(14-17(4)25(26)29(27)31)22-10-9-11-23(15-22)30(32)33/h9-13,15,17-18,24-26H,7-8,14H2,1-6H3/t17?,18?,24?,25-,26-/m0/s1. The van der Waals surface area contributed by atoms with Gasteiger partial charge in [0, 0.05) is 23.6 Å². The number of hydrogen-bond donors (Lipinski definition) is 0. The third-order valence-electron chi connectivity index (χ3n) is 8.24. The zero-order valence-corrected chi connectivity index (χ0v) is 20.6. The van der Waals surface area contributed by atoms with Crippen LogP contribution in [0.3, 0.4) is 0 Å². The summed E-state index contributed by atoms with van der Waals surface area (Å²) >= 11 is 0. The second-order valence-electron chi connectivity index (χ2n) is 10.2.